The molecule has 0 aliphatic rings. The second kappa shape index (κ2) is 12.4. The van der Waals surface area contributed by atoms with Crippen LogP contribution in [-0.4, -0.2) is 31.5 Å². The van der Waals surface area contributed by atoms with Gasteiger partial charge in [0.25, 0.3) is 0 Å². The monoisotopic (exact) mass is 253 g/mol. The van der Waals surface area contributed by atoms with E-state index >= 15 is 0 Å². The summed E-state index contributed by atoms with van der Waals surface area (Å²) in [5, 5.41) is 7.57. The van der Waals surface area contributed by atoms with Crippen molar-refractivity contribution < 1.29 is 5.11 Å². The van der Waals surface area contributed by atoms with Crippen molar-refractivity contribution in [2.45, 2.75) is 41.0 Å². The topological polar surface area (TPSA) is 20.2 Å². The molecule has 0 rings (SSSR count). The fraction of sp³-hybridized carbons (Fsp3) is 1.00. The SMILES string of the molecule is CCO.C[CH2][Sn]([CH2]C)[CH2]C. The predicted octanol–water partition coefficient (Wildman–Crippen LogP) is 2.54. The minimum atomic E-state index is -0.653. The molecule has 0 bridgehead atoms. The van der Waals surface area contributed by atoms with Crippen LogP contribution in [0.5, 0.6) is 0 Å². The summed E-state index contributed by atoms with van der Waals surface area (Å²) < 4.78 is 4.65. The summed E-state index contributed by atoms with van der Waals surface area (Å²) in [5.74, 6) is 0. The van der Waals surface area contributed by atoms with E-state index in [1.54, 1.807) is 20.2 Å². The molecule has 1 nitrogen and oxygen atoms in total. The maximum absolute atomic E-state index is 7.57. The summed E-state index contributed by atoms with van der Waals surface area (Å²) in [7, 11) is 0. The third-order valence-electron chi connectivity index (χ3n) is 1.50. The first-order valence-electron chi connectivity index (χ1n) is 4.21. The molecule has 0 aromatic carbocycles. The van der Waals surface area contributed by atoms with Crippen molar-refractivity contribution in [1.82, 2.24) is 0 Å². The number of rotatable bonds is 3. The van der Waals surface area contributed by atoms with E-state index in [4.69, 9.17) is 5.11 Å². The summed E-state index contributed by atoms with van der Waals surface area (Å²) in [4.78, 5) is 0. The average molecular weight is 252 g/mol. The summed E-state index contributed by atoms with van der Waals surface area (Å²) in [5.41, 5.74) is 0. The molecular formula is C8H21OSn. The van der Waals surface area contributed by atoms with Gasteiger partial charge < -0.3 is 5.11 Å². The van der Waals surface area contributed by atoms with Crippen LogP contribution < -0.4 is 0 Å². The third-order valence-corrected chi connectivity index (χ3v) is 10.1. The number of aliphatic hydroxyl groups excluding tert-OH is 1. The van der Waals surface area contributed by atoms with Crippen LogP contribution in [0.15, 0.2) is 0 Å². The molecule has 10 heavy (non-hydrogen) atoms. The van der Waals surface area contributed by atoms with Crippen molar-refractivity contribution in [1.29, 1.82) is 0 Å². The van der Waals surface area contributed by atoms with Gasteiger partial charge in [-0.1, -0.05) is 0 Å². The molecule has 0 unspecified atom stereocenters. The molecule has 0 heterocycles. The van der Waals surface area contributed by atoms with E-state index in [-0.39, 0.29) is 6.61 Å². The Kier molecular flexibility index (Phi) is 16.6. The van der Waals surface area contributed by atoms with E-state index in [9.17, 15) is 0 Å². The van der Waals surface area contributed by atoms with Gasteiger partial charge in [-0.2, -0.15) is 0 Å². The minimum absolute atomic E-state index is 0.250. The second-order valence-corrected chi connectivity index (χ2v) is 12.5. The van der Waals surface area contributed by atoms with Crippen molar-refractivity contribution in [3.8, 4) is 0 Å². The summed E-state index contributed by atoms with van der Waals surface area (Å²) in [6.07, 6.45) is 0. The Balaban J connectivity index is 0. The predicted molar refractivity (Wildman–Crippen MR) is 50.0 cm³/mol. The van der Waals surface area contributed by atoms with Gasteiger partial charge in [-0.3, -0.25) is 0 Å². The summed E-state index contributed by atoms with van der Waals surface area (Å²) in [6, 6.07) is 0. The van der Waals surface area contributed by atoms with Crippen LogP contribution in [0.3, 0.4) is 0 Å². The Morgan fingerprint density at radius 1 is 0.900 bits per heavy atom. The van der Waals surface area contributed by atoms with Crippen molar-refractivity contribution in [2.75, 3.05) is 6.61 Å². The van der Waals surface area contributed by atoms with E-state index in [0.717, 1.165) is 0 Å². The molecule has 0 amide bonds. The molecule has 0 saturated carbocycles. The van der Waals surface area contributed by atoms with E-state index in [1.807, 2.05) is 0 Å². The average Bonchev–Trinajstić information content (AvgIpc) is 1.93. The molecule has 0 spiro atoms. The number of aliphatic hydroxyl groups is 1. The van der Waals surface area contributed by atoms with Crippen LogP contribution in [0.4, 0.5) is 0 Å². The Morgan fingerprint density at radius 2 is 1.10 bits per heavy atom. The first-order valence-corrected chi connectivity index (χ1v) is 10.3. The van der Waals surface area contributed by atoms with Crippen molar-refractivity contribution in [3.05, 3.63) is 0 Å². The molecule has 1 radical (unpaired) electrons. The third kappa shape index (κ3) is 11.5. The normalized spacial score (nSPS) is 9.00. The van der Waals surface area contributed by atoms with E-state index in [2.05, 4.69) is 20.8 Å². The fourth-order valence-corrected chi connectivity index (χ4v) is 5.03. The molecule has 0 aromatic heterocycles. The molecular weight excluding hydrogens is 231 g/mol. The Labute approximate surface area is 72.6 Å². The molecule has 63 valence electrons. The van der Waals surface area contributed by atoms with Gasteiger partial charge in [-0.05, 0) is 6.92 Å². The summed E-state index contributed by atoms with van der Waals surface area (Å²) >= 11 is -0.653. The summed E-state index contributed by atoms with van der Waals surface area (Å²) in [6.45, 7) is 8.98. The van der Waals surface area contributed by atoms with Crippen LogP contribution in [0.1, 0.15) is 27.7 Å². The fourth-order valence-electron chi connectivity index (χ4n) is 0.750. The maximum atomic E-state index is 7.57. The number of hydrogen-bond acceptors (Lipinski definition) is 1. The second-order valence-electron chi connectivity index (χ2n) is 2.13. The van der Waals surface area contributed by atoms with Gasteiger partial charge in [0.2, 0.25) is 0 Å². The number of hydrogen-bond donors (Lipinski definition) is 1. The quantitative estimate of drug-likeness (QED) is 0.765. The molecule has 0 fully saturated rings. The van der Waals surface area contributed by atoms with Gasteiger partial charge in [-0.25, -0.2) is 0 Å². The van der Waals surface area contributed by atoms with Crippen LogP contribution >= 0.6 is 0 Å². The zero-order valence-electron chi connectivity index (χ0n) is 7.78. The van der Waals surface area contributed by atoms with Crippen LogP contribution in [0.25, 0.3) is 0 Å². The standard InChI is InChI=1S/C2H6O.3C2H5.Sn/c1-2-3;3*1-2;/h3H,2H2,1H3;3*1H2,2H3;. The molecule has 0 aromatic rings. The Hall–Kier alpha value is 0.759. The van der Waals surface area contributed by atoms with Crippen molar-refractivity contribution >= 4 is 19.8 Å². The van der Waals surface area contributed by atoms with Gasteiger partial charge in [0, 0.05) is 6.61 Å². The molecule has 0 saturated heterocycles. The first-order chi connectivity index (χ1) is 4.76. The molecule has 2 heteroatoms. The van der Waals surface area contributed by atoms with Gasteiger partial charge in [-0.15, -0.1) is 0 Å². The Bertz CT molecular complexity index is 39.0. The van der Waals surface area contributed by atoms with Gasteiger partial charge >= 0.3 is 53.8 Å². The van der Waals surface area contributed by atoms with E-state index < -0.39 is 19.8 Å². The van der Waals surface area contributed by atoms with Gasteiger partial charge in [0.05, 0.1) is 0 Å². The van der Waals surface area contributed by atoms with Crippen LogP contribution in [0, 0.1) is 0 Å². The molecule has 0 aliphatic carbocycles. The zero-order valence-corrected chi connectivity index (χ0v) is 10.6. The van der Waals surface area contributed by atoms with Crippen molar-refractivity contribution in [2.24, 2.45) is 0 Å². The molecule has 0 aliphatic heterocycles. The van der Waals surface area contributed by atoms with Crippen molar-refractivity contribution in [3.63, 3.8) is 0 Å². The first kappa shape index (κ1) is 13.4. The van der Waals surface area contributed by atoms with E-state index in [0.29, 0.717) is 0 Å². The van der Waals surface area contributed by atoms with Crippen LogP contribution in [0.2, 0.25) is 13.3 Å². The molecule has 0 atom stereocenters. The Morgan fingerprint density at radius 3 is 1.10 bits per heavy atom. The zero-order chi connectivity index (χ0) is 8.41. The van der Waals surface area contributed by atoms with Crippen LogP contribution in [-0.2, 0) is 0 Å². The van der Waals surface area contributed by atoms with E-state index in [1.165, 1.54) is 0 Å². The molecule has 1 N–H and O–H groups in total. The van der Waals surface area contributed by atoms with Gasteiger partial charge in [0.1, 0.15) is 0 Å². The van der Waals surface area contributed by atoms with Gasteiger partial charge in [0.15, 0.2) is 0 Å².